The van der Waals surface area contributed by atoms with E-state index < -0.39 is 0 Å². The molecule has 0 aliphatic heterocycles. The molecule has 106 valence electrons. The fourth-order valence-corrected chi connectivity index (χ4v) is 2.32. The monoisotopic (exact) mass is 310 g/mol. The highest BCUT2D eigenvalue weighted by molar-refractivity contribution is 7.13. The van der Waals surface area contributed by atoms with Gasteiger partial charge in [-0.3, -0.25) is 4.90 Å². The average molecular weight is 311 g/mol. The second kappa shape index (κ2) is 6.67. The van der Waals surface area contributed by atoms with E-state index in [2.05, 4.69) is 15.5 Å². The molecule has 0 atom stereocenters. The maximum absolute atomic E-state index is 12.4. The van der Waals surface area contributed by atoms with Crippen molar-refractivity contribution in [3.8, 4) is 0 Å². The first-order valence-electron chi connectivity index (χ1n) is 6.16. The van der Waals surface area contributed by atoms with E-state index in [0.717, 1.165) is 0 Å². The van der Waals surface area contributed by atoms with Crippen molar-refractivity contribution in [3.05, 3.63) is 34.8 Å². The van der Waals surface area contributed by atoms with Crippen LogP contribution in [0.5, 0.6) is 0 Å². The molecule has 0 saturated heterocycles. The summed E-state index contributed by atoms with van der Waals surface area (Å²) < 4.78 is 0. The zero-order valence-electron chi connectivity index (χ0n) is 11.2. The first-order valence-corrected chi connectivity index (χ1v) is 7.42. The Kier molecular flexibility index (Phi) is 4.92. The summed E-state index contributed by atoms with van der Waals surface area (Å²) in [6, 6.07) is 6.75. The smallest absolute Gasteiger partial charge is 0.307 e. The van der Waals surface area contributed by atoms with Gasteiger partial charge in [0, 0.05) is 17.3 Å². The number of aromatic nitrogens is 2. The highest BCUT2D eigenvalue weighted by Crippen LogP contribution is 2.20. The second-order valence-electron chi connectivity index (χ2n) is 4.66. The SMILES string of the molecule is CC(C)CN(C(=O)Nc1ccc(Cl)cc1)c1nncs1. The highest BCUT2D eigenvalue weighted by Gasteiger charge is 2.19. The number of carbonyl (C=O) groups is 1. The molecule has 0 bridgehead atoms. The third-order valence-electron chi connectivity index (χ3n) is 2.47. The van der Waals surface area contributed by atoms with E-state index in [0.29, 0.717) is 28.3 Å². The summed E-state index contributed by atoms with van der Waals surface area (Å²) in [5.74, 6) is 0.329. The van der Waals surface area contributed by atoms with Crippen LogP contribution in [0, 0.1) is 5.92 Å². The minimum atomic E-state index is -0.224. The maximum atomic E-state index is 12.4. The molecule has 0 radical (unpaired) electrons. The molecule has 2 amide bonds. The van der Waals surface area contributed by atoms with Gasteiger partial charge in [-0.25, -0.2) is 4.79 Å². The van der Waals surface area contributed by atoms with E-state index in [1.165, 1.54) is 11.3 Å². The van der Waals surface area contributed by atoms with Crippen LogP contribution in [0.15, 0.2) is 29.8 Å². The van der Waals surface area contributed by atoms with Gasteiger partial charge in [-0.1, -0.05) is 36.8 Å². The molecule has 1 heterocycles. The van der Waals surface area contributed by atoms with Crippen LogP contribution in [0.2, 0.25) is 5.02 Å². The molecule has 1 aromatic heterocycles. The van der Waals surface area contributed by atoms with Crippen molar-refractivity contribution >= 4 is 39.8 Å². The van der Waals surface area contributed by atoms with E-state index >= 15 is 0 Å². The van der Waals surface area contributed by atoms with Crippen molar-refractivity contribution in [2.24, 2.45) is 5.92 Å². The Balaban J connectivity index is 2.12. The first kappa shape index (κ1) is 14.7. The van der Waals surface area contributed by atoms with Crippen molar-refractivity contribution in [1.82, 2.24) is 10.2 Å². The van der Waals surface area contributed by atoms with Crippen molar-refractivity contribution in [2.45, 2.75) is 13.8 Å². The predicted molar refractivity (Wildman–Crippen MR) is 82.6 cm³/mol. The molecule has 20 heavy (non-hydrogen) atoms. The molecule has 0 spiro atoms. The first-order chi connectivity index (χ1) is 9.56. The van der Waals surface area contributed by atoms with Gasteiger partial charge in [0.05, 0.1) is 0 Å². The number of nitrogens with one attached hydrogen (secondary N) is 1. The quantitative estimate of drug-likeness (QED) is 0.932. The van der Waals surface area contributed by atoms with Gasteiger partial charge in [-0.05, 0) is 30.2 Å². The van der Waals surface area contributed by atoms with Gasteiger partial charge < -0.3 is 5.32 Å². The second-order valence-corrected chi connectivity index (χ2v) is 5.91. The van der Waals surface area contributed by atoms with Gasteiger partial charge in [-0.2, -0.15) is 0 Å². The van der Waals surface area contributed by atoms with Gasteiger partial charge in [0.15, 0.2) is 0 Å². The Labute approximate surface area is 126 Å². The maximum Gasteiger partial charge on any atom is 0.328 e. The molecule has 1 aromatic carbocycles. The largest absolute Gasteiger partial charge is 0.328 e. The lowest BCUT2D eigenvalue weighted by atomic mass is 10.2. The lowest BCUT2D eigenvalue weighted by Gasteiger charge is -2.21. The number of carbonyl (C=O) groups excluding carboxylic acids is 1. The van der Waals surface area contributed by atoms with E-state index in [1.807, 2.05) is 13.8 Å². The zero-order valence-corrected chi connectivity index (χ0v) is 12.8. The molecule has 0 unspecified atom stereocenters. The van der Waals surface area contributed by atoms with Gasteiger partial charge in [0.1, 0.15) is 5.51 Å². The number of urea groups is 1. The normalized spacial score (nSPS) is 10.6. The standard InChI is InChI=1S/C13H15ClN4OS/c1-9(2)7-18(13-17-15-8-20-13)12(19)16-11-5-3-10(14)4-6-11/h3-6,8-9H,7H2,1-2H3,(H,16,19). The van der Waals surface area contributed by atoms with Crippen molar-refractivity contribution in [3.63, 3.8) is 0 Å². The van der Waals surface area contributed by atoms with Gasteiger partial charge in [-0.15, -0.1) is 10.2 Å². The molecule has 0 fully saturated rings. The van der Waals surface area contributed by atoms with E-state index in [9.17, 15) is 4.79 Å². The lowest BCUT2D eigenvalue weighted by molar-refractivity contribution is 0.256. The lowest BCUT2D eigenvalue weighted by Crippen LogP contribution is -2.37. The predicted octanol–water partition coefficient (Wildman–Crippen LogP) is 3.89. The Bertz CT molecular complexity index is 556. The summed E-state index contributed by atoms with van der Waals surface area (Å²) in [5.41, 5.74) is 2.30. The zero-order chi connectivity index (χ0) is 14.5. The Morgan fingerprint density at radius 2 is 2.10 bits per heavy atom. The number of rotatable bonds is 4. The summed E-state index contributed by atoms with van der Waals surface area (Å²) in [7, 11) is 0. The number of benzene rings is 1. The van der Waals surface area contributed by atoms with Crippen LogP contribution in [0.1, 0.15) is 13.8 Å². The third kappa shape index (κ3) is 3.91. The molecule has 1 N–H and O–H groups in total. The van der Waals surface area contributed by atoms with Crippen LogP contribution < -0.4 is 10.2 Å². The molecule has 5 nitrogen and oxygen atoms in total. The van der Waals surface area contributed by atoms with Crippen LogP contribution >= 0.6 is 22.9 Å². The van der Waals surface area contributed by atoms with Crippen molar-refractivity contribution < 1.29 is 4.79 Å². The van der Waals surface area contributed by atoms with Crippen LogP contribution in [0.25, 0.3) is 0 Å². The minimum Gasteiger partial charge on any atom is -0.307 e. The Morgan fingerprint density at radius 3 is 2.65 bits per heavy atom. The van der Waals surface area contributed by atoms with E-state index in [1.54, 1.807) is 34.7 Å². The number of hydrogen-bond donors (Lipinski definition) is 1. The van der Waals surface area contributed by atoms with Crippen LogP contribution in [0.3, 0.4) is 0 Å². The van der Waals surface area contributed by atoms with E-state index in [4.69, 9.17) is 11.6 Å². The minimum absolute atomic E-state index is 0.224. The van der Waals surface area contributed by atoms with Crippen LogP contribution in [0.4, 0.5) is 15.6 Å². The summed E-state index contributed by atoms with van der Waals surface area (Å²) in [6.45, 7) is 4.67. The topological polar surface area (TPSA) is 58.1 Å². The summed E-state index contributed by atoms with van der Waals surface area (Å²) in [6.07, 6.45) is 0. The molecule has 2 aromatic rings. The molecule has 7 heteroatoms. The van der Waals surface area contributed by atoms with Crippen molar-refractivity contribution in [1.29, 1.82) is 0 Å². The van der Waals surface area contributed by atoms with Crippen LogP contribution in [-0.2, 0) is 0 Å². The molecule has 2 rings (SSSR count). The van der Waals surface area contributed by atoms with Gasteiger partial charge in [0.2, 0.25) is 5.13 Å². The van der Waals surface area contributed by atoms with Crippen molar-refractivity contribution in [2.75, 3.05) is 16.8 Å². The van der Waals surface area contributed by atoms with E-state index in [-0.39, 0.29) is 6.03 Å². The molecular weight excluding hydrogens is 296 g/mol. The number of halogens is 1. The fraction of sp³-hybridized carbons (Fsp3) is 0.308. The third-order valence-corrected chi connectivity index (χ3v) is 3.43. The highest BCUT2D eigenvalue weighted by atomic mass is 35.5. The number of hydrogen-bond acceptors (Lipinski definition) is 4. The molecule has 0 aliphatic rings. The van der Waals surface area contributed by atoms with Crippen LogP contribution in [-0.4, -0.2) is 22.8 Å². The summed E-state index contributed by atoms with van der Waals surface area (Å²) in [4.78, 5) is 13.9. The Morgan fingerprint density at radius 1 is 1.40 bits per heavy atom. The fourth-order valence-electron chi connectivity index (χ4n) is 1.62. The molecular formula is C13H15ClN4OS. The summed E-state index contributed by atoms with van der Waals surface area (Å²) in [5, 5.41) is 11.8. The Hall–Kier alpha value is -1.66. The average Bonchev–Trinajstić information content (AvgIpc) is 2.92. The molecule has 0 saturated carbocycles. The van der Waals surface area contributed by atoms with Gasteiger partial charge in [0.25, 0.3) is 0 Å². The number of nitrogens with zero attached hydrogens (tertiary/aromatic N) is 3. The molecule has 0 aliphatic carbocycles. The van der Waals surface area contributed by atoms with Gasteiger partial charge >= 0.3 is 6.03 Å². The summed E-state index contributed by atoms with van der Waals surface area (Å²) >= 11 is 7.16. The number of anilines is 2. The number of amides is 2.